The first kappa shape index (κ1) is 100. The van der Waals surface area contributed by atoms with Crippen molar-refractivity contribution in [3.8, 4) is 5.75 Å². The zero-order chi connectivity index (χ0) is 85.2. The molecule has 3 heterocycles. The molecule has 43 heteroatoms. The van der Waals surface area contributed by atoms with Gasteiger partial charge < -0.3 is 147 Å². The number of aromatic hydroxyl groups is 1. The average molecular weight is 1690 g/mol. The van der Waals surface area contributed by atoms with E-state index >= 15 is 4.21 Å². The van der Waals surface area contributed by atoms with E-state index in [-0.39, 0.29) is 90.1 Å². The number of primary amides is 2. The van der Waals surface area contributed by atoms with Crippen molar-refractivity contribution in [3.63, 3.8) is 0 Å². The number of nitrogens with two attached hydrogens (primary N) is 3. The van der Waals surface area contributed by atoms with Crippen LogP contribution < -0.4 is 59.7 Å². The number of hydrogen-bond donors (Lipinski definition) is 17. The minimum Gasteiger partial charge on any atom is -0.508 e. The number of nitrogens with zero attached hydrogens (tertiary/aromatic N) is 1. The second-order valence-corrected chi connectivity index (χ2v) is 29.4. The van der Waals surface area contributed by atoms with Crippen molar-refractivity contribution in [1.82, 2.24) is 52.4 Å². The summed E-state index contributed by atoms with van der Waals surface area (Å²) in [5.41, 5.74) is 18.2. The maximum atomic E-state index is 15.3. The fourth-order valence-electron chi connectivity index (χ4n) is 11.4. The number of carboxylic acids is 1. The number of aliphatic hydroxyl groups is 3. The first-order valence-corrected chi connectivity index (χ1v) is 41.1. The summed E-state index contributed by atoms with van der Waals surface area (Å²) in [6.07, 6.45) is -3.30. The lowest BCUT2D eigenvalue weighted by atomic mass is 9.93. The maximum absolute atomic E-state index is 15.3. The number of aromatic amines is 1. The second kappa shape index (κ2) is 58.0. The van der Waals surface area contributed by atoms with Gasteiger partial charge in [0, 0.05) is 85.5 Å². The predicted octanol–water partition coefficient (Wildman–Crippen LogP) is -4.98. The van der Waals surface area contributed by atoms with Crippen molar-refractivity contribution in [3.05, 3.63) is 35.2 Å². The zero-order valence-electron chi connectivity index (χ0n) is 66.5. The van der Waals surface area contributed by atoms with E-state index in [2.05, 4.69) is 47.5 Å². The number of hydrogen-bond acceptors (Lipinski definition) is 30. The minimum atomic E-state index is -2.49. The lowest BCUT2D eigenvalue weighted by molar-refractivity contribution is -0.143. The first-order chi connectivity index (χ1) is 55.7. The van der Waals surface area contributed by atoms with E-state index in [1.54, 1.807) is 27.0 Å². The average Bonchev–Trinajstić information content (AvgIpc) is 1.61. The Balaban J connectivity index is 1.22. The molecule has 0 spiro atoms. The van der Waals surface area contributed by atoms with Crippen molar-refractivity contribution in [2.24, 2.45) is 29.0 Å². The van der Waals surface area contributed by atoms with Crippen LogP contribution in [0.4, 0.5) is 0 Å². The zero-order valence-corrected chi connectivity index (χ0v) is 68.1. The van der Waals surface area contributed by atoms with Crippen LogP contribution in [0.25, 0.3) is 10.9 Å². The number of nitrogens with one attached hydrogen (secondary N) is 9. The number of benzene rings is 1. The molecule has 1 aromatic carbocycles. The van der Waals surface area contributed by atoms with E-state index in [9.17, 15) is 73.2 Å². The SMILES string of the molecule is CCC(=O)N[C@H](C(=O)NCC(=O)N[C@@H]1CS(=O)c2[nH]c3c(CSCCOCCOCCOCCOCCOCCOCCOCCOCCOCCOCCOCCN/C=C(\N)CNC(=O)CCC(=O)O)c(O)ccc3c2C[C@@H](C(N)=O)NC(=O)[C@H]([C@@H](C)[C@@H](O)CO)NC(=O)[C@@H]2C[C@@H](O)CN2C(=O)[C@H](CCC(N)=O)NC1=O)[C@@H](C)CC. The number of aliphatic hydroxyl groups excluding tert-OH is 3. The van der Waals surface area contributed by atoms with Crippen LogP contribution in [-0.2, 0) is 128 Å². The van der Waals surface area contributed by atoms with Gasteiger partial charge in [-0.05, 0) is 30.0 Å². The monoisotopic (exact) mass is 1690 g/mol. The number of carbonyl (C=O) groups is 11. The van der Waals surface area contributed by atoms with Crippen molar-refractivity contribution >= 4 is 98.5 Å². The summed E-state index contributed by atoms with van der Waals surface area (Å²) >= 11 is 1.34. The van der Waals surface area contributed by atoms with Crippen LogP contribution in [-0.4, -0.2) is 343 Å². The number of carbonyl (C=O) groups excluding carboxylic acids is 10. The van der Waals surface area contributed by atoms with E-state index in [1.807, 2.05) is 0 Å². The number of aliphatic carboxylic acids is 1. The Morgan fingerprint density at radius 2 is 1.22 bits per heavy atom. The highest BCUT2D eigenvalue weighted by atomic mass is 32.2. The summed E-state index contributed by atoms with van der Waals surface area (Å²) < 4.78 is 76.4. The summed E-state index contributed by atoms with van der Waals surface area (Å²) in [6.45, 7) is 12.9. The molecule has 0 radical (unpaired) electrons. The molecule has 2 aliphatic rings. The standard InChI is InChI=1S/C73H121N13O28S2/c1-5-46(3)64(83-60(92)6-2)70(100)79-41-62(94)80-55-45-116(103)72-51(38-54(67(76)97)82-71(101)65(47(4)58(90)43-87)84-69(99)56-37-49(88)42-86(56)73(102)53(81-68(55)98)8-10-59(75)91)50-7-9-57(89)52(66(50)85-72)44-115-36-35-114-34-33-113-32-31-112-30-29-111-28-27-110-26-25-109-24-23-108-22-21-107-20-19-106-18-17-105-16-15-104-14-13-77-39-48(74)40-78-61(93)11-12-63(95)96/h7,9,39,46-47,49,53-56,58,64-65,77,85,87-90H,5-6,8,10-38,40-45,74H2,1-4H3,(H2,75,91)(H2,76,97)(H,78,93)(H,79,100)(H,80,94)(H,81,98)(H,82,101)(H,83,92)(H,84,99)(H,95,96)/b48-39-/t46-,47-,49+,53-,54-,55+,56-,58-,64-,65-,116?/m0/s1. The van der Waals surface area contributed by atoms with Gasteiger partial charge in [0.05, 0.1) is 206 Å². The van der Waals surface area contributed by atoms with Gasteiger partial charge >= 0.3 is 5.97 Å². The van der Waals surface area contributed by atoms with Crippen LogP contribution in [0.3, 0.4) is 0 Å². The lowest BCUT2D eigenvalue weighted by Crippen LogP contribution is -2.61. The van der Waals surface area contributed by atoms with Gasteiger partial charge in [0.25, 0.3) is 0 Å². The Bertz CT molecular complexity index is 3420. The molecule has 1 fully saturated rings. The van der Waals surface area contributed by atoms with Crippen molar-refractivity contribution in [2.45, 2.75) is 138 Å². The number of phenols is 1. The second-order valence-electron chi connectivity index (χ2n) is 26.9. The van der Waals surface area contributed by atoms with Crippen molar-refractivity contribution in [2.75, 3.05) is 190 Å². The molecule has 0 bridgehead atoms. The van der Waals surface area contributed by atoms with Crippen LogP contribution in [0.2, 0.25) is 0 Å². The molecule has 4 rings (SSSR count). The molecule has 2 aromatic rings. The number of rotatable bonds is 59. The quantitative estimate of drug-likeness (QED) is 0.0276. The van der Waals surface area contributed by atoms with Crippen LogP contribution in [0.15, 0.2) is 29.1 Å². The van der Waals surface area contributed by atoms with Gasteiger partial charge in [-0.25, -0.2) is 0 Å². The Labute approximate surface area is 680 Å². The fourth-order valence-corrected chi connectivity index (χ4v) is 13.6. The van der Waals surface area contributed by atoms with Gasteiger partial charge in [-0.15, -0.1) is 0 Å². The highest BCUT2D eigenvalue weighted by Crippen LogP contribution is 2.36. The third kappa shape index (κ3) is 39.1. The van der Waals surface area contributed by atoms with Gasteiger partial charge in [-0.2, -0.15) is 11.8 Å². The molecule has 0 aliphatic carbocycles. The van der Waals surface area contributed by atoms with Gasteiger partial charge in [0.2, 0.25) is 59.1 Å². The summed E-state index contributed by atoms with van der Waals surface area (Å²) in [4.78, 5) is 150. The highest BCUT2D eigenvalue weighted by molar-refractivity contribution is 7.98. The number of amides is 10. The van der Waals surface area contributed by atoms with Gasteiger partial charge in [-0.1, -0.05) is 34.1 Å². The number of fused-ring (bicyclic) bond motifs is 4. The van der Waals surface area contributed by atoms with Crippen LogP contribution in [0.1, 0.15) is 83.8 Å². The molecule has 1 saturated heterocycles. The topological polar surface area (TPSA) is 601 Å². The molecular formula is C73H121N13O28S2. The molecule has 116 heavy (non-hydrogen) atoms. The Morgan fingerprint density at radius 1 is 0.681 bits per heavy atom. The summed E-state index contributed by atoms with van der Waals surface area (Å²) in [5, 5.41) is 72.5. The molecular weight excluding hydrogens is 1570 g/mol. The fraction of sp³-hybridized carbons (Fsp3) is 0.712. The van der Waals surface area contributed by atoms with E-state index in [0.717, 1.165) is 4.90 Å². The van der Waals surface area contributed by atoms with Gasteiger partial charge in [0.1, 0.15) is 47.0 Å². The summed E-state index contributed by atoms with van der Waals surface area (Å²) in [6, 6.07) is -6.93. The Kier molecular flexibility index (Phi) is 50.2. The third-order valence-corrected chi connectivity index (χ3v) is 20.5. The van der Waals surface area contributed by atoms with E-state index in [4.69, 9.17) is 74.4 Å². The normalized spacial score (nSPS) is 19.4. The largest absolute Gasteiger partial charge is 0.508 e. The molecule has 658 valence electrons. The number of phenolic OH excluding ortho intramolecular Hbond substituents is 1. The molecule has 41 nitrogen and oxygen atoms in total. The van der Waals surface area contributed by atoms with Crippen LogP contribution >= 0.6 is 11.8 Å². The number of H-pyrrole nitrogens is 1. The molecule has 11 atom stereocenters. The minimum absolute atomic E-state index is 0.0534. The predicted molar refractivity (Wildman–Crippen MR) is 419 cm³/mol. The van der Waals surface area contributed by atoms with Gasteiger partial charge in [0.15, 0.2) is 0 Å². The van der Waals surface area contributed by atoms with Crippen LogP contribution in [0.5, 0.6) is 5.75 Å². The molecule has 1 unspecified atom stereocenters. The number of thioether (sulfide) groups is 1. The molecule has 10 amide bonds. The smallest absolute Gasteiger partial charge is 0.303 e. The number of aromatic nitrogens is 1. The highest BCUT2D eigenvalue weighted by Gasteiger charge is 2.45. The number of ether oxygens (including phenoxy) is 11. The first-order valence-electron chi connectivity index (χ1n) is 38.7. The molecule has 1 aromatic heterocycles. The van der Waals surface area contributed by atoms with E-state index in [0.29, 0.717) is 150 Å². The van der Waals surface area contributed by atoms with Crippen molar-refractivity contribution in [1.29, 1.82) is 0 Å². The van der Waals surface area contributed by atoms with Gasteiger partial charge in [-0.3, -0.25) is 56.9 Å². The summed E-state index contributed by atoms with van der Waals surface area (Å²) in [7, 11) is -2.49. The maximum Gasteiger partial charge on any atom is 0.303 e. The molecule has 0 saturated carbocycles. The molecule has 2 aliphatic heterocycles. The Hall–Kier alpha value is -7.99. The van der Waals surface area contributed by atoms with E-state index in [1.165, 1.54) is 30.8 Å². The lowest BCUT2D eigenvalue weighted by Gasteiger charge is -2.32. The van der Waals surface area contributed by atoms with Crippen LogP contribution in [0, 0.1) is 11.8 Å². The van der Waals surface area contributed by atoms with E-state index < -0.39 is 181 Å². The van der Waals surface area contributed by atoms with Crippen molar-refractivity contribution < 1.29 is 135 Å². The third-order valence-electron chi connectivity index (χ3n) is 18.1. The molecule has 20 N–H and O–H groups in total. The number of carboxylic acid groups (broad SMARTS) is 1. The summed E-state index contributed by atoms with van der Waals surface area (Å²) in [5.74, 6) is -12.3. The Morgan fingerprint density at radius 3 is 1.73 bits per heavy atom.